The van der Waals surface area contributed by atoms with Gasteiger partial charge < -0.3 is 0 Å². The van der Waals surface area contributed by atoms with Crippen LogP contribution in [0.3, 0.4) is 0 Å². The molecule has 0 amide bonds. The molecule has 1 aliphatic carbocycles. The average molecular weight is 323 g/mol. The van der Waals surface area contributed by atoms with E-state index in [4.69, 9.17) is 4.98 Å². The number of halogens is 2. The number of rotatable bonds is 2. The molecule has 1 aromatic heterocycles. The van der Waals surface area contributed by atoms with E-state index in [0.717, 1.165) is 12.0 Å². The molecule has 19 heavy (non-hydrogen) atoms. The van der Waals surface area contributed by atoms with Gasteiger partial charge >= 0.3 is 0 Å². The monoisotopic (exact) mass is 322 g/mol. The highest BCUT2D eigenvalue weighted by Crippen LogP contribution is 2.36. The molecule has 3 rings (SSSR count). The summed E-state index contributed by atoms with van der Waals surface area (Å²) in [6, 6.07) is 0.816. The zero-order chi connectivity index (χ0) is 11.8. The first kappa shape index (κ1) is 17.2. The lowest BCUT2D eigenvalue weighted by Gasteiger charge is -2.43. The molecule has 0 bridgehead atoms. The van der Waals surface area contributed by atoms with Crippen LogP contribution in [0.1, 0.15) is 41.8 Å². The van der Waals surface area contributed by atoms with Crippen LogP contribution in [0.2, 0.25) is 0 Å². The molecule has 1 aromatic rings. The Bertz CT molecular complexity index is 406. The van der Waals surface area contributed by atoms with Crippen molar-refractivity contribution in [3.8, 4) is 0 Å². The van der Waals surface area contributed by atoms with E-state index in [0.29, 0.717) is 0 Å². The summed E-state index contributed by atoms with van der Waals surface area (Å²) in [5, 5.41) is 1.26. The first-order chi connectivity index (χ1) is 8.28. The van der Waals surface area contributed by atoms with Crippen LogP contribution in [-0.2, 0) is 12.8 Å². The lowest BCUT2D eigenvalue weighted by Crippen LogP contribution is -2.49. The highest BCUT2D eigenvalue weighted by Gasteiger charge is 2.36. The first-order valence-corrected chi connectivity index (χ1v) is 7.78. The maximum Gasteiger partial charge on any atom is 0.0900 e. The van der Waals surface area contributed by atoms with E-state index in [9.17, 15) is 0 Å². The molecule has 0 aromatic carbocycles. The molecular weight excluding hydrogens is 299 g/mol. The van der Waals surface area contributed by atoms with E-state index in [2.05, 4.69) is 18.7 Å². The molecule has 1 saturated heterocycles. The molecule has 110 valence electrons. The topological polar surface area (TPSA) is 16.1 Å². The fourth-order valence-corrected chi connectivity index (χ4v) is 4.59. The number of likely N-dealkylation sites (tertiary alicyclic amines) is 1. The number of fused-ring (bicyclic) bond motifs is 2. The number of hydrogen-bond donors (Lipinski definition) is 0. The number of aryl methyl sites for hydroxylation is 1. The Morgan fingerprint density at radius 1 is 1.32 bits per heavy atom. The zero-order valence-electron chi connectivity index (χ0n) is 11.7. The van der Waals surface area contributed by atoms with Gasteiger partial charge in [-0.15, -0.1) is 36.2 Å². The van der Waals surface area contributed by atoms with Gasteiger partial charge in [-0.1, -0.05) is 6.92 Å². The molecule has 0 N–H and O–H groups in total. The summed E-state index contributed by atoms with van der Waals surface area (Å²) in [4.78, 5) is 9.03. The fraction of sp³-hybridized carbons (Fsp3) is 0.786. The fourth-order valence-electron chi connectivity index (χ4n) is 3.58. The minimum absolute atomic E-state index is 0. The number of aromatic nitrogens is 1. The second-order valence-corrected chi connectivity index (χ2v) is 6.80. The molecule has 1 aliphatic heterocycles. The molecule has 0 saturated carbocycles. The smallest absolute Gasteiger partial charge is 0.0900 e. The Labute approximate surface area is 132 Å². The van der Waals surface area contributed by atoms with Gasteiger partial charge in [-0.3, -0.25) is 4.90 Å². The third kappa shape index (κ3) is 3.44. The first-order valence-electron chi connectivity index (χ1n) is 6.97. The predicted octanol–water partition coefficient (Wildman–Crippen LogP) is 3.88. The Kier molecular flexibility index (Phi) is 6.58. The Balaban J connectivity index is 0.000000902. The SMILES string of the molecule is CCCN1CCC[C@H]2Cc3nc(C)sc3C[C@@H]21.Cl.Cl. The molecule has 5 heteroatoms. The summed E-state index contributed by atoms with van der Waals surface area (Å²) in [6.07, 6.45) is 6.61. The molecule has 2 aliphatic rings. The minimum atomic E-state index is 0. The van der Waals surface area contributed by atoms with Crippen LogP contribution in [0, 0.1) is 12.8 Å². The summed E-state index contributed by atoms with van der Waals surface area (Å²) in [6.45, 7) is 7.06. The third-order valence-corrected chi connectivity index (χ3v) is 5.31. The molecule has 0 radical (unpaired) electrons. The lowest BCUT2D eigenvalue weighted by atomic mass is 9.79. The van der Waals surface area contributed by atoms with Crippen molar-refractivity contribution in [2.75, 3.05) is 13.1 Å². The van der Waals surface area contributed by atoms with Crippen LogP contribution in [0.25, 0.3) is 0 Å². The molecular formula is C14H24Cl2N2S. The van der Waals surface area contributed by atoms with Crippen molar-refractivity contribution in [3.63, 3.8) is 0 Å². The highest BCUT2D eigenvalue weighted by molar-refractivity contribution is 7.11. The Morgan fingerprint density at radius 3 is 2.84 bits per heavy atom. The van der Waals surface area contributed by atoms with Gasteiger partial charge in [0.2, 0.25) is 0 Å². The normalized spacial score (nSPS) is 25.8. The molecule has 1 fully saturated rings. The van der Waals surface area contributed by atoms with Crippen molar-refractivity contribution < 1.29 is 0 Å². The van der Waals surface area contributed by atoms with Gasteiger partial charge in [-0.25, -0.2) is 4.98 Å². The van der Waals surface area contributed by atoms with Crippen molar-refractivity contribution in [2.24, 2.45) is 5.92 Å². The summed E-state index contributed by atoms with van der Waals surface area (Å²) in [5.74, 6) is 0.879. The summed E-state index contributed by atoms with van der Waals surface area (Å²) >= 11 is 1.93. The van der Waals surface area contributed by atoms with Crippen LogP contribution in [-0.4, -0.2) is 29.0 Å². The van der Waals surface area contributed by atoms with Gasteiger partial charge in [-0.2, -0.15) is 0 Å². The van der Waals surface area contributed by atoms with Crippen molar-refractivity contribution in [1.29, 1.82) is 0 Å². The summed E-state index contributed by atoms with van der Waals surface area (Å²) < 4.78 is 0. The van der Waals surface area contributed by atoms with Gasteiger partial charge in [0.05, 0.1) is 10.7 Å². The van der Waals surface area contributed by atoms with Crippen LogP contribution in [0.15, 0.2) is 0 Å². The maximum atomic E-state index is 4.71. The van der Waals surface area contributed by atoms with E-state index in [1.807, 2.05) is 11.3 Å². The number of thiazole rings is 1. The molecule has 2 heterocycles. The second-order valence-electron chi connectivity index (χ2n) is 5.52. The molecule has 0 spiro atoms. The Morgan fingerprint density at radius 2 is 2.11 bits per heavy atom. The van der Waals surface area contributed by atoms with Gasteiger partial charge in [0.1, 0.15) is 0 Å². The van der Waals surface area contributed by atoms with Crippen LogP contribution in [0.5, 0.6) is 0 Å². The second kappa shape index (κ2) is 7.26. The maximum absolute atomic E-state index is 4.71. The highest BCUT2D eigenvalue weighted by atomic mass is 35.5. The van der Waals surface area contributed by atoms with Crippen LogP contribution in [0.4, 0.5) is 0 Å². The van der Waals surface area contributed by atoms with E-state index in [-0.39, 0.29) is 24.8 Å². The van der Waals surface area contributed by atoms with E-state index < -0.39 is 0 Å². The van der Waals surface area contributed by atoms with Crippen molar-refractivity contribution in [3.05, 3.63) is 15.6 Å². The lowest BCUT2D eigenvalue weighted by molar-refractivity contribution is 0.0857. The van der Waals surface area contributed by atoms with Crippen molar-refractivity contribution in [1.82, 2.24) is 9.88 Å². The average Bonchev–Trinajstić information content (AvgIpc) is 2.66. The van der Waals surface area contributed by atoms with Crippen LogP contribution < -0.4 is 0 Å². The standard InChI is InChI=1S/C14H22N2S.2ClH/c1-3-6-16-7-4-5-11-8-12-14(9-13(11)16)17-10(2)15-12;;/h11,13H,3-9H2,1-2H3;2*1H/t11-,13-;;/m0../s1. The molecule has 0 unspecified atom stereocenters. The van der Waals surface area contributed by atoms with Crippen molar-refractivity contribution >= 4 is 36.2 Å². The Hall–Kier alpha value is 0.170. The van der Waals surface area contributed by atoms with Gasteiger partial charge in [0, 0.05) is 10.9 Å². The van der Waals surface area contributed by atoms with E-state index >= 15 is 0 Å². The summed E-state index contributed by atoms with van der Waals surface area (Å²) in [7, 11) is 0. The van der Waals surface area contributed by atoms with Crippen molar-refractivity contribution in [2.45, 2.75) is 52.0 Å². The van der Waals surface area contributed by atoms with E-state index in [1.165, 1.54) is 55.9 Å². The molecule has 2 atom stereocenters. The molecule has 2 nitrogen and oxygen atoms in total. The third-order valence-electron chi connectivity index (χ3n) is 4.28. The summed E-state index contributed by atoms with van der Waals surface area (Å²) in [5.41, 5.74) is 1.42. The quantitative estimate of drug-likeness (QED) is 0.821. The number of hydrogen-bond acceptors (Lipinski definition) is 3. The van der Waals surface area contributed by atoms with Gasteiger partial charge in [0.25, 0.3) is 0 Å². The van der Waals surface area contributed by atoms with Gasteiger partial charge in [-0.05, 0) is 58.0 Å². The van der Waals surface area contributed by atoms with Gasteiger partial charge in [0.15, 0.2) is 0 Å². The number of nitrogens with zero attached hydrogens (tertiary/aromatic N) is 2. The predicted molar refractivity (Wildman–Crippen MR) is 87.1 cm³/mol. The van der Waals surface area contributed by atoms with E-state index in [1.54, 1.807) is 4.88 Å². The zero-order valence-corrected chi connectivity index (χ0v) is 14.2. The van der Waals surface area contributed by atoms with Crippen LogP contribution >= 0.6 is 36.2 Å². The number of piperidine rings is 1. The largest absolute Gasteiger partial charge is 0.300 e. The minimum Gasteiger partial charge on any atom is -0.300 e.